The van der Waals surface area contributed by atoms with Gasteiger partial charge in [0.2, 0.25) is 0 Å². The smallest absolute Gasteiger partial charge is 0.139 e. The van der Waals surface area contributed by atoms with Gasteiger partial charge in [0.25, 0.3) is 0 Å². The summed E-state index contributed by atoms with van der Waals surface area (Å²) in [5.74, 6) is 1.08. The lowest BCUT2D eigenvalue weighted by molar-refractivity contribution is 0.0452. The predicted molar refractivity (Wildman–Crippen MR) is 109 cm³/mol. The van der Waals surface area contributed by atoms with E-state index in [0.717, 1.165) is 50.1 Å². The molecule has 0 saturated carbocycles. The molecule has 2 aliphatic heterocycles. The van der Waals surface area contributed by atoms with Crippen molar-refractivity contribution in [1.29, 1.82) is 0 Å². The molecule has 1 aromatic carbocycles. The van der Waals surface area contributed by atoms with E-state index in [2.05, 4.69) is 60.3 Å². The van der Waals surface area contributed by atoms with Crippen LogP contribution in [0.5, 0.6) is 0 Å². The van der Waals surface area contributed by atoms with Crippen molar-refractivity contribution >= 4 is 33.5 Å². The van der Waals surface area contributed by atoms with Gasteiger partial charge in [-0.05, 0) is 39.1 Å². The van der Waals surface area contributed by atoms with Crippen molar-refractivity contribution in [2.45, 2.75) is 19.9 Å². The fraction of sp³-hybridized carbons (Fsp3) is 0.450. The summed E-state index contributed by atoms with van der Waals surface area (Å²) >= 11 is 1.80. The van der Waals surface area contributed by atoms with Crippen LogP contribution in [0.2, 0.25) is 0 Å². The monoisotopic (exact) mass is 370 g/mol. The molecule has 0 unspecified atom stereocenters. The van der Waals surface area contributed by atoms with Crippen molar-refractivity contribution < 1.29 is 4.74 Å². The number of aliphatic imine (C=N–C) groups is 1. The highest BCUT2D eigenvalue weighted by Gasteiger charge is 2.30. The van der Waals surface area contributed by atoms with E-state index in [1.54, 1.807) is 11.3 Å². The topological polar surface area (TPSA) is 40.1 Å². The molecule has 1 saturated heterocycles. The first-order chi connectivity index (χ1) is 12.7. The molecule has 0 spiro atoms. The van der Waals surface area contributed by atoms with Gasteiger partial charge in [0, 0.05) is 31.1 Å². The molecule has 5 nitrogen and oxygen atoms in total. The molecular weight excluding hydrogens is 344 g/mol. The maximum Gasteiger partial charge on any atom is 0.139 e. The van der Waals surface area contributed by atoms with Crippen LogP contribution in [0.25, 0.3) is 0 Å². The molecule has 6 heteroatoms. The van der Waals surface area contributed by atoms with Crippen LogP contribution in [0.4, 0.5) is 16.4 Å². The SMILES string of the molecule is CCOC[C@H]1CN(C2=Nc3ccccc3Nc3sc(C)cc32)CCN1C. The molecule has 0 amide bonds. The molecule has 1 fully saturated rings. The summed E-state index contributed by atoms with van der Waals surface area (Å²) in [6.45, 7) is 8.67. The summed E-state index contributed by atoms with van der Waals surface area (Å²) in [7, 11) is 2.19. The molecule has 0 radical (unpaired) electrons. The first-order valence-corrected chi connectivity index (χ1v) is 10.1. The molecule has 138 valence electrons. The number of piperazine rings is 1. The number of nitrogens with one attached hydrogen (secondary N) is 1. The lowest BCUT2D eigenvalue weighted by Crippen LogP contribution is -2.55. The summed E-state index contributed by atoms with van der Waals surface area (Å²) < 4.78 is 5.72. The molecule has 2 aliphatic rings. The van der Waals surface area contributed by atoms with Crippen LogP contribution < -0.4 is 5.32 Å². The van der Waals surface area contributed by atoms with Gasteiger partial charge in [-0.25, -0.2) is 4.99 Å². The minimum absolute atomic E-state index is 0.390. The van der Waals surface area contributed by atoms with E-state index in [1.807, 2.05) is 6.07 Å². The summed E-state index contributed by atoms with van der Waals surface area (Å²) in [4.78, 5) is 11.2. The lowest BCUT2D eigenvalue weighted by atomic mass is 10.1. The summed E-state index contributed by atoms with van der Waals surface area (Å²) in [5.41, 5.74) is 3.29. The quantitative estimate of drug-likeness (QED) is 0.891. The number of hydrogen-bond acceptors (Lipinski definition) is 6. The molecule has 1 atom stereocenters. The average molecular weight is 371 g/mol. The van der Waals surface area contributed by atoms with E-state index >= 15 is 0 Å². The number of anilines is 2. The lowest BCUT2D eigenvalue weighted by Gasteiger charge is -2.40. The number of nitrogens with zero attached hydrogens (tertiary/aromatic N) is 3. The second-order valence-electron chi connectivity index (χ2n) is 6.92. The number of amidine groups is 1. The second-order valence-corrected chi connectivity index (χ2v) is 8.17. The first kappa shape index (κ1) is 17.5. The van der Waals surface area contributed by atoms with E-state index in [-0.39, 0.29) is 0 Å². The van der Waals surface area contributed by atoms with Crippen LogP contribution in [0.15, 0.2) is 35.3 Å². The van der Waals surface area contributed by atoms with E-state index < -0.39 is 0 Å². The molecule has 3 heterocycles. The van der Waals surface area contributed by atoms with Crippen molar-refractivity contribution in [3.63, 3.8) is 0 Å². The van der Waals surface area contributed by atoms with Crippen molar-refractivity contribution in [2.24, 2.45) is 4.99 Å². The van der Waals surface area contributed by atoms with Gasteiger partial charge in [-0.3, -0.25) is 4.90 Å². The molecule has 2 aromatic rings. The number of hydrogen-bond donors (Lipinski definition) is 1. The number of thiophene rings is 1. The van der Waals surface area contributed by atoms with Gasteiger partial charge in [0.1, 0.15) is 10.8 Å². The summed E-state index contributed by atoms with van der Waals surface area (Å²) in [6, 6.07) is 10.9. The van der Waals surface area contributed by atoms with E-state index in [4.69, 9.17) is 9.73 Å². The average Bonchev–Trinajstić information content (AvgIpc) is 2.93. The summed E-state index contributed by atoms with van der Waals surface area (Å²) in [5, 5.41) is 4.78. The van der Waals surface area contributed by atoms with Gasteiger partial charge >= 0.3 is 0 Å². The Morgan fingerprint density at radius 1 is 1.31 bits per heavy atom. The molecule has 1 N–H and O–H groups in total. The standard InChI is InChI=1S/C20H26N4OS/c1-4-25-13-15-12-24(10-9-23(15)3)19-16-11-14(2)26-20(16)22-18-8-6-5-7-17(18)21-19/h5-8,11,15,22H,4,9-10,12-13H2,1-3H3/t15-/m1/s1. The summed E-state index contributed by atoms with van der Waals surface area (Å²) in [6.07, 6.45) is 0. The zero-order chi connectivity index (χ0) is 18.1. The number of para-hydroxylation sites is 2. The Labute approximate surface area is 159 Å². The van der Waals surface area contributed by atoms with Crippen LogP contribution >= 0.6 is 11.3 Å². The molecule has 1 aromatic heterocycles. The molecule has 4 rings (SSSR count). The zero-order valence-corrected chi connectivity index (χ0v) is 16.5. The number of rotatable bonds is 3. The minimum Gasteiger partial charge on any atom is -0.380 e. The normalized spacial score (nSPS) is 20.0. The van der Waals surface area contributed by atoms with Gasteiger partial charge < -0.3 is 15.0 Å². The maximum absolute atomic E-state index is 5.72. The number of benzene rings is 1. The van der Waals surface area contributed by atoms with Gasteiger partial charge in [0.05, 0.1) is 29.6 Å². The van der Waals surface area contributed by atoms with E-state index in [9.17, 15) is 0 Å². The Morgan fingerprint density at radius 2 is 2.15 bits per heavy atom. The Hall–Kier alpha value is -1.89. The van der Waals surface area contributed by atoms with Crippen molar-refractivity contribution in [3.8, 4) is 0 Å². The fourth-order valence-corrected chi connectivity index (χ4v) is 4.48. The fourth-order valence-electron chi connectivity index (χ4n) is 3.56. The Balaban J connectivity index is 1.70. The minimum atomic E-state index is 0.390. The van der Waals surface area contributed by atoms with Gasteiger partial charge in [-0.2, -0.15) is 0 Å². The Kier molecular flexibility index (Phi) is 4.98. The van der Waals surface area contributed by atoms with Crippen molar-refractivity contribution in [3.05, 3.63) is 40.8 Å². The number of aryl methyl sites for hydroxylation is 1. The maximum atomic E-state index is 5.72. The molecular formula is C20H26N4OS. The molecule has 26 heavy (non-hydrogen) atoms. The van der Waals surface area contributed by atoms with Crippen molar-refractivity contribution in [2.75, 3.05) is 45.2 Å². The third-order valence-corrected chi connectivity index (χ3v) is 6.03. The largest absolute Gasteiger partial charge is 0.380 e. The predicted octanol–water partition coefficient (Wildman–Crippen LogP) is 3.84. The second kappa shape index (κ2) is 7.39. The zero-order valence-electron chi connectivity index (χ0n) is 15.7. The highest BCUT2D eigenvalue weighted by atomic mass is 32.1. The third kappa shape index (κ3) is 3.37. The van der Waals surface area contributed by atoms with E-state index in [1.165, 1.54) is 15.4 Å². The third-order valence-electron chi connectivity index (χ3n) is 5.07. The van der Waals surface area contributed by atoms with Gasteiger partial charge in [-0.15, -0.1) is 11.3 Å². The Morgan fingerprint density at radius 3 is 3.00 bits per heavy atom. The molecule has 0 bridgehead atoms. The van der Waals surface area contributed by atoms with Gasteiger partial charge in [-0.1, -0.05) is 12.1 Å². The number of fused-ring (bicyclic) bond motifs is 2. The van der Waals surface area contributed by atoms with Crippen LogP contribution in [-0.2, 0) is 4.74 Å². The van der Waals surface area contributed by atoms with Gasteiger partial charge in [0.15, 0.2) is 0 Å². The van der Waals surface area contributed by atoms with Crippen LogP contribution in [-0.4, -0.2) is 61.6 Å². The first-order valence-electron chi connectivity index (χ1n) is 9.24. The van der Waals surface area contributed by atoms with Crippen LogP contribution in [0.1, 0.15) is 17.4 Å². The van der Waals surface area contributed by atoms with Crippen molar-refractivity contribution in [1.82, 2.24) is 9.80 Å². The molecule has 0 aliphatic carbocycles. The van der Waals surface area contributed by atoms with Crippen LogP contribution in [0.3, 0.4) is 0 Å². The van der Waals surface area contributed by atoms with Crippen LogP contribution in [0, 0.1) is 6.92 Å². The number of ether oxygens (including phenoxy) is 1. The van der Waals surface area contributed by atoms with E-state index in [0.29, 0.717) is 6.04 Å². The highest BCUT2D eigenvalue weighted by molar-refractivity contribution is 7.16. The highest BCUT2D eigenvalue weighted by Crippen LogP contribution is 2.39. The number of likely N-dealkylation sites (N-methyl/N-ethyl adjacent to an activating group) is 1. The Bertz CT molecular complexity index is 816.